The molecule has 0 rings (SSSR count). The lowest BCUT2D eigenvalue weighted by Crippen LogP contribution is -2.41. The predicted octanol–water partition coefficient (Wildman–Crippen LogP) is 2.63. The molecule has 0 aliphatic heterocycles. The molecule has 4 heteroatoms. The van der Waals surface area contributed by atoms with E-state index in [1.54, 1.807) is 0 Å². The summed E-state index contributed by atoms with van der Waals surface area (Å²) < 4.78 is 0.926. The number of carbonyl (C=O) groups excluding carboxylic acids is 1. The van der Waals surface area contributed by atoms with E-state index in [-0.39, 0.29) is 12.2 Å². The standard InChI is InChI=1S/C15H27NO3/c1-4-14(17)10-6-5-8-12-16(2,3)13-9-7-11-15(18)19/h4H,1,5-13H2,2-3H3/p+1. The van der Waals surface area contributed by atoms with Gasteiger partial charge in [-0.25, -0.2) is 0 Å². The third-order valence-electron chi connectivity index (χ3n) is 3.32. The van der Waals surface area contributed by atoms with Crippen molar-refractivity contribution in [1.29, 1.82) is 0 Å². The average molecular weight is 270 g/mol. The number of carboxylic acid groups (broad SMARTS) is 1. The van der Waals surface area contributed by atoms with E-state index < -0.39 is 5.97 Å². The maximum atomic E-state index is 11.0. The van der Waals surface area contributed by atoms with Crippen LogP contribution in [-0.4, -0.2) is 48.5 Å². The summed E-state index contributed by atoms with van der Waals surface area (Å²) in [4.78, 5) is 21.4. The van der Waals surface area contributed by atoms with Crippen LogP contribution in [0.2, 0.25) is 0 Å². The molecule has 0 aliphatic carbocycles. The number of hydrogen-bond donors (Lipinski definition) is 1. The second kappa shape index (κ2) is 9.73. The van der Waals surface area contributed by atoms with Crippen molar-refractivity contribution in [1.82, 2.24) is 0 Å². The van der Waals surface area contributed by atoms with Gasteiger partial charge in [-0.15, -0.1) is 0 Å². The molecule has 4 nitrogen and oxygen atoms in total. The Morgan fingerprint density at radius 2 is 1.53 bits per heavy atom. The molecule has 0 radical (unpaired) electrons. The van der Waals surface area contributed by atoms with E-state index in [0.717, 1.165) is 49.7 Å². The van der Waals surface area contributed by atoms with E-state index in [0.29, 0.717) is 6.42 Å². The van der Waals surface area contributed by atoms with Gasteiger partial charge in [-0.2, -0.15) is 0 Å². The van der Waals surface area contributed by atoms with Crippen LogP contribution in [0.3, 0.4) is 0 Å². The molecule has 0 aliphatic rings. The van der Waals surface area contributed by atoms with Gasteiger partial charge in [0.2, 0.25) is 0 Å². The fraction of sp³-hybridized carbons (Fsp3) is 0.733. The van der Waals surface area contributed by atoms with Crippen LogP contribution in [-0.2, 0) is 9.59 Å². The van der Waals surface area contributed by atoms with Crippen LogP contribution >= 0.6 is 0 Å². The molecular weight excluding hydrogens is 242 g/mol. The molecule has 0 aromatic heterocycles. The number of allylic oxidation sites excluding steroid dienone is 1. The first-order valence-electron chi connectivity index (χ1n) is 7.06. The van der Waals surface area contributed by atoms with Crippen LogP contribution < -0.4 is 0 Å². The summed E-state index contributed by atoms with van der Waals surface area (Å²) in [5.74, 6) is -0.584. The Morgan fingerprint density at radius 3 is 2.05 bits per heavy atom. The Balaban J connectivity index is 3.58. The SMILES string of the molecule is C=CC(=O)CCCCC[N+](C)(C)CCCCC(=O)O. The maximum absolute atomic E-state index is 11.0. The van der Waals surface area contributed by atoms with E-state index in [1.165, 1.54) is 6.08 Å². The molecule has 19 heavy (non-hydrogen) atoms. The lowest BCUT2D eigenvalue weighted by atomic mass is 10.1. The number of nitrogens with zero attached hydrogens (tertiary/aromatic N) is 1. The normalized spacial score (nSPS) is 11.3. The summed E-state index contributed by atoms with van der Waals surface area (Å²) in [5, 5.41) is 8.57. The lowest BCUT2D eigenvalue weighted by molar-refractivity contribution is -0.890. The van der Waals surface area contributed by atoms with Crippen LogP contribution in [0.5, 0.6) is 0 Å². The van der Waals surface area contributed by atoms with Crippen molar-refractivity contribution in [3.63, 3.8) is 0 Å². The summed E-state index contributed by atoms with van der Waals surface area (Å²) >= 11 is 0. The topological polar surface area (TPSA) is 54.4 Å². The highest BCUT2D eigenvalue weighted by Gasteiger charge is 2.14. The van der Waals surface area contributed by atoms with Crippen LogP contribution in [0, 0.1) is 0 Å². The Morgan fingerprint density at radius 1 is 1.00 bits per heavy atom. The summed E-state index contributed by atoms with van der Waals surface area (Å²) in [6.45, 7) is 5.55. The van der Waals surface area contributed by atoms with Crippen molar-refractivity contribution in [2.75, 3.05) is 27.2 Å². The minimum absolute atomic E-state index is 0.127. The van der Waals surface area contributed by atoms with Gasteiger partial charge >= 0.3 is 5.97 Å². The third kappa shape index (κ3) is 11.7. The zero-order chi connectivity index (χ0) is 14.7. The Kier molecular flexibility index (Phi) is 9.13. The van der Waals surface area contributed by atoms with E-state index >= 15 is 0 Å². The molecular formula is C15H28NO3+. The first-order chi connectivity index (χ1) is 8.87. The number of carbonyl (C=O) groups is 2. The monoisotopic (exact) mass is 270 g/mol. The van der Waals surface area contributed by atoms with Gasteiger partial charge in [-0.05, 0) is 38.2 Å². The summed E-state index contributed by atoms with van der Waals surface area (Å²) in [6, 6.07) is 0. The van der Waals surface area contributed by atoms with E-state index in [9.17, 15) is 9.59 Å². The van der Waals surface area contributed by atoms with Gasteiger partial charge < -0.3 is 9.59 Å². The van der Waals surface area contributed by atoms with Crippen molar-refractivity contribution in [2.24, 2.45) is 0 Å². The second-order valence-electron chi connectivity index (χ2n) is 5.71. The second-order valence-corrected chi connectivity index (χ2v) is 5.71. The molecule has 0 bridgehead atoms. The molecule has 0 aromatic carbocycles. The quantitative estimate of drug-likeness (QED) is 0.337. The molecule has 0 fully saturated rings. The number of aliphatic carboxylic acids is 1. The van der Waals surface area contributed by atoms with Gasteiger partial charge in [0.25, 0.3) is 0 Å². The van der Waals surface area contributed by atoms with Crippen LogP contribution in [0.25, 0.3) is 0 Å². The number of carboxylic acids is 1. The Hall–Kier alpha value is -1.16. The average Bonchev–Trinajstić information content (AvgIpc) is 2.33. The van der Waals surface area contributed by atoms with Crippen molar-refractivity contribution in [2.45, 2.75) is 44.9 Å². The van der Waals surface area contributed by atoms with Gasteiger partial charge in [0, 0.05) is 12.8 Å². The number of ketones is 1. The van der Waals surface area contributed by atoms with Crippen molar-refractivity contribution in [3.8, 4) is 0 Å². The largest absolute Gasteiger partial charge is 0.481 e. The molecule has 0 spiro atoms. The van der Waals surface area contributed by atoms with E-state index in [4.69, 9.17) is 5.11 Å². The summed E-state index contributed by atoms with van der Waals surface area (Å²) in [6.07, 6.45) is 7.08. The van der Waals surface area contributed by atoms with Crippen molar-refractivity contribution in [3.05, 3.63) is 12.7 Å². The number of unbranched alkanes of at least 4 members (excludes halogenated alkanes) is 3. The number of rotatable bonds is 12. The van der Waals surface area contributed by atoms with E-state index in [2.05, 4.69) is 20.7 Å². The maximum Gasteiger partial charge on any atom is 0.303 e. The molecule has 0 aromatic rings. The summed E-state index contributed by atoms with van der Waals surface area (Å²) in [7, 11) is 4.35. The molecule has 0 heterocycles. The minimum Gasteiger partial charge on any atom is -0.481 e. The Labute approximate surface area is 116 Å². The molecule has 1 N–H and O–H groups in total. The van der Waals surface area contributed by atoms with Gasteiger partial charge in [0.1, 0.15) is 0 Å². The fourth-order valence-electron chi connectivity index (χ4n) is 2.05. The zero-order valence-corrected chi connectivity index (χ0v) is 12.4. The number of hydrogen-bond acceptors (Lipinski definition) is 2. The highest BCUT2D eigenvalue weighted by atomic mass is 16.4. The first kappa shape index (κ1) is 17.8. The van der Waals surface area contributed by atoms with Gasteiger partial charge in [-0.1, -0.05) is 6.58 Å². The Bertz CT molecular complexity index is 298. The highest BCUT2D eigenvalue weighted by molar-refractivity contribution is 5.88. The van der Waals surface area contributed by atoms with Gasteiger partial charge in [-0.3, -0.25) is 9.59 Å². The third-order valence-corrected chi connectivity index (χ3v) is 3.32. The predicted molar refractivity (Wildman–Crippen MR) is 77.0 cm³/mol. The van der Waals surface area contributed by atoms with E-state index in [1.807, 2.05) is 0 Å². The lowest BCUT2D eigenvalue weighted by Gasteiger charge is -2.29. The minimum atomic E-state index is -0.711. The molecule has 0 atom stereocenters. The molecule has 0 amide bonds. The highest BCUT2D eigenvalue weighted by Crippen LogP contribution is 2.08. The molecule has 0 saturated heterocycles. The van der Waals surface area contributed by atoms with Crippen molar-refractivity contribution < 1.29 is 19.2 Å². The van der Waals surface area contributed by atoms with Gasteiger partial charge in [0.05, 0.1) is 27.2 Å². The molecule has 110 valence electrons. The zero-order valence-electron chi connectivity index (χ0n) is 12.4. The molecule has 0 unspecified atom stereocenters. The number of quaternary nitrogens is 1. The summed E-state index contributed by atoms with van der Waals surface area (Å²) in [5.41, 5.74) is 0. The fourth-order valence-corrected chi connectivity index (χ4v) is 2.05. The van der Waals surface area contributed by atoms with Gasteiger partial charge in [0.15, 0.2) is 5.78 Å². The smallest absolute Gasteiger partial charge is 0.303 e. The van der Waals surface area contributed by atoms with Crippen LogP contribution in [0.15, 0.2) is 12.7 Å². The first-order valence-corrected chi connectivity index (χ1v) is 7.06. The van der Waals surface area contributed by atoms with Crippen LogP contribution in [0.1, 0.15) is 44.9 Å². The van der Waals surface area contributed by atoms with Crippen molar-refractivity contribution >= 4 is 11.8 Å². The van der Waals surface area contributed by atoms with Crippen LogP contribution in [0.4, 0.5) is 0 Å². The molecule has 0 saturated carbocycles.